The van der Waals surface area contributed by atoms with Crippen molar-refractivity contribution in [3.05, 3.63) is 35.4 Å². The number of carbonyl (C=O) groups excluding carboxylic acids is 2. The molecule has 0 saturated heterocycles. The van der Waals surface area contributed by atoms with E-state index in [9.17, 15) is 14.7 Å². The zero-order chi connectivity index (χ0) is 19.6. The van der Waals surface area contributed by atoms with Crippen LogP contribution in [0, 0.1) is 0 Å². The van der Waals surface area contributed by atoms with Gasteiger partial charge in [0.2, 0.25) is 0 Å². The van der Waals surface area contributed by atoms with Crippen molar-refractivity contribution in [3.63, 3.8) is 0 Å². The van der Waals surface area contributed by atoms with Gasteiger partial charge in [0.1, 0.15) is 0 Å². The Morgan fingerprint density at radius 2 is 1.93 bits per heavy atom. The van der Waals surface area contributed by atoms with E-state index < -0.39 is 18.1 Å². The Balaban J connectivity index is 2.17. The van der Waals surface area contributed by atoms with Crippen molar-refractivity contribution in [2.75, 3.05) is 19.8 Å². The summed E-state index contributed by atoms with van der Waals surface area (Å²) in [4.78, 5) is 25.0. The van der Waals surface area contributed by atoms with Gasteiger partial charge in [0.25, 0.3) is 11.8 Å². The highest BCUT2D eigenvalue weighted by Crippen LogP contribution is 2.13. The van der Waals surface area contributed by atoms with Crippen LogP contribution in [-0.2, 0) is 20.9 Å². The van der Waals surface area contributed by atoms with E-state index in [2.05, 4.69) is 10.6 Å². The molecule has 0 aromatic heterocycles. The zero-order valence-corrected chi connectivity index (χ0v) is 16.1. The summed E-state index contributed by atoms with van der Waals surface area (Å²) in [5.41, 5.74) is 1.24. The Hall–Kier alpha value is -1.96. The summed E-state index contributed by atoms with van der Waals surface area (Å²) in [5, 5.41) is 16.0. The third-order valence-electron chi connectivity index (χ3n) is 4.34. The summed E-state index contributed by atoms with van der Waals surface area (Å²) < 4.78 is 11.1. The van der Waals surface area contributed by atoms with Gasteiger partial charge in [-0.05, 0) is 44.7 Å². The van der Waals surface area contributed by atoms with Crippen LogP contribution in [0.3, 0.4) is 0 Å². The number of hydrogen-bond acceptors (Lipinski definition) is 5. The first-order chi connectivity index (χ1) is 13.0. The molecule has 2 amide bonds. The summed E-state index contributed by atoms with van der Waals surface area (Å²) in [6, 6.07) is 6.41. The van der Waals surface area contributed by atoms with Crippen molar-refractivity contribution in [1.29, 1.82) is 0 Å². The minimum atomic E-state index is -1.31. The molecule has 2 rings (SSSR count). The van der Waals surface area contributed by atoms with Gasteiger partial charge >= 0.3 is 0 Å². The summed E-state index contributed by atoms with van der Waals surface area (Å²) >= 11 is 0. The fourth-order valence-electron chi connectivity index (χ4n) is 2.95. The topological polar surface area (TPSA) is 96.9 Å². The molecule has 0 radical (unpaired) electrons. The van der Waals surface area contributed by atoms with Crippen molar-refractivity contribution >= 4 is 11.8 Å². The molecular weight excluding hydrogens is 348 g/mol. The number of aliphatic hydroxyl groups is 1. The van der Waals surface area contributed by atoms with Crippen molar-refractivity contribution in [1.82, 2.24) is 10.6 Å². The van der Waals surface area contributed by atoms with Gasteiger partial charge in [-0.1, -0.05) is 18.2 Å². The predicted octanol–water partition coefficient (Wildman–Crippen LogP) is 1.39. The van der Waals surface area contributed by atoms with Crippen LogP contribution in [0.2, 0.25) is 0 Å². The van der Waals surface area contributed by atoms with Crippen LogP contribution in [0.1, 0.15) is 49.0 Å². The molecule has 150 valence electrons. The van der Waals surface area contributed by atoms with E-state index in [1.807, 2.05) is 26.0 Å². The van der Waals surface area contributed by atoms with Crippen LogP contribution in [0.4, 0.5) is 0 Å². The fourth-order valence-corrected chi connectivity index (χ4v) is 2.95. The highest BCUT2D eigenvalue weighted by atomic mass is 16.5. The second kappa shape index (κ2) is 11.0. The number of fused-ring (bicyclic) bond motifs is 1. The second-order valence-corrected chi connectivity index (χ2v) is 7.01. The van der Waals surface area contributed by atoms with Crippen molar-refractivity contribution < 1.29 is 24.2 Å². The molecule has 1 aromatic carbocycles. The lowest BCUT2D eigenvalue weighted by Gasteiger charge is -2.25. The average molecular weight is 378 g/mol. The Labute approximate surface area is 160 Å². The molecule has 0 fully saturated rings. The smallest absolute Gasteiger partial charge is 0.251 e. The van der Waals surface area contributed by atoms with Gasteiger partial charge in [-0.15, -0.1) is 0 Å². The molecule has 3 N–H and O–H groups in total. The fraction of sp³-hybridized carbons (Fsp3) is 0.600. The first-order valence-corrected chi connectivity index (χ1v) is 9.51. The number of benzene rings is 1. The number of carbonyl (C=O) groups is 2. The van der Waals surface area contributed by atoms with Crippen LogP contribution in [-0.4, -0.2) is 54.9 Å². The molecule has 1 aliphatic rings. The molecule has 0 saturated carbocycles. The van der Waals surface area contributed by atoms with Crippen molar-refractivity contribution in [2.24, 2.45) is 0 Å². The number of ether oxygens (including phenoxy) is 2. The monoisotopic (exact) mass is 378 g/mol. The molecule has 1 aliphatic heterocycles. The van der Waals surface area contributed by atoms with Gasteiger partial charge in [0.05, 0.1) is 25.9 Å². The van der Waals surface area contributed by atoms with Crippen molar-refractivity contribution in [2.45, 2.75) is 57.9 Å². The molecule has 2 atom stereocenters. The molecule has 27 heavy (non-hydrogen) atoms. The quantitative estimate of drug-likeness (QED) is 0.739. The van der Waals surface area contributed by atoms with E-state index in [0.29, 0.717) is 38.4 Å². The minimum Gasteiger partial charge on any atom is -0.381 e. The lowest BCUT2D eigenvalue weighted by atomic mass is 10.0. The van der Waals surface area contributed by atoms with E-state index >= 15 is 0 Å². The summed E-state index contributed by atoms with van der Waals surface area (Å²) in [7, 11) is 0. The van der Waals surface area contributed by atoms with E-state index in [1.54, 1.807) is 12.1 Å². The highest BCUT2D eigenvalue weighted by molar-refractivity contribution is 5.96. The molecule has 1 heterocycles. The van der Waals surface area contributed by atoms with E-state index in [4.69, 9.17) is 9.47 Å². The molecule has 7 nitrogen and oxygen atoms in total. The maximum absolute atomic E-state index is 12.8. The third kappa shape index (κ3) is 6.93. The maximum Gasteiger partial charge on any atom is 0.251 e. The van der Waals surface area contributed by atoms with Crippen molar-refractivity contribution in [3.8, 4) is 0 Å². The van der Waals surface area contributed by atoms with Crippen LogP contribution in [0.25, 0.3) is 0 Å². The highest BCUT2D eigenvalue weighted by Gasteiger charge is 2.28. The Kier molecular flexibility index (Phi) is 8.71. The van der Waals surface area contributed by atoms with Crippen LogP contribution < -0.4 is 10.6 Å². The predicted molar refractivity (Wildman–Crippen MR) is 101 cm³/mol. The summed E-state index contributed by atoms with van der Waals surface area (Å²) in [6.07, 6.45) is 0.676. The standard InChI is InChI=1S/C20H30N2O5/c1-14(2)21-20(25)18(23)17-9-5-6-10-26-11-12-27-13-15-7-3-4-8-16(15)19(24)22-17/h3-4,7-8,14,17-18,23H,5-6,9-13H2,1-2H3,(H,21,25)(H,22,24)/t17-,18?/m0/s1. The molecule has 1 aromatic rings. The van der Waals surface area contributed by atoms with Gasteiger partial charge < -0.3 is 25.2 Å². The molecule has 1 unspecified atom stereocenters. The number of aliphatic hydroxyl groups excluding tert-OH is 1. The molecule has 0 aliphatic carbocycles. The van der Waals surface area contributed by atoms with Gasteiger partial charge in [0.15, 0.2) is 6.10 Å². The number of amides is 2. The van der Waals surface area contributed by atoms with E-state index in [0.717, 1.165) is 18.4 Å². The molecule has 7 heteroatoms. The Morgan fingerprint density at radius 3 is 2.70 bits per heavy atom. The summed E-state index contributed by atoms with van der Waals surface area (Å²) in [6.45, 7) is 5.49. The molecule has 0 spiro atoms. The SMILES string of the molecule is CC(C)NC(=O)C(O)[C@@H]1CCCCOCCOCc2ccccc2C(=O)N1. The lowest BCUT2D eigenvalue weighted by Crippen LogP contribution is -2.51. The normalized spacial score (nSPS) is 20.9. The second-order valence-electron chi connectivity index (χ2n) is 7.01. The van der Waals surface area contributed by atoms with Gasteiger partial charge in [-0.25, -0.2) is 0 Å². The average Bonchev–Trinajstić information content (AvgIpc) is 2.64. The Morgan fingerprint density at radius 1 is 1.19 bits per heavy atom. The zero-order valence-electron chi connectivity index (χ0n) is 16.1. The first-order valence-electron chi connectivity index (χ1n) is 9.51. The number of nitrogens with one attached hydrogen (secondary N) is 2. The van der Waals surface area contributed by atoms with E-state index in [1.165, 1.54) is 0 Å². The molecule has 0 bridgehead atoms. The van der Waals surface area contributed by atoms with Crippen LogP contribution >= 0.6 is 0 Å². The maximum atomic E-state index is 12.8. The van der Waals surface area contributed by atoms with Crippen LogP contribution in [0.15, 0.2) is 24.3 Å². The number of hydrogen-bond donors (Lipinski definition) is 3. The number of rotatable bonds is 3. The largest absolute Gasteiger partial charge is 0.381 e. The molecular formula is C20H30N2O5. The lowest BCUT2D eigenvalue weighted by molar-refractivity contribution is -0.131. The van der Waals surface area contributed by atoms with Gasteiger partial charge in [0, 0.05) is 18.2 Å². The van der Waals surface area contributed by atoms with E-state index in [-0.39, 0.29) is 11.9 Å². The Bertz CT molecular complexity index is 620. The van der Waals surface area contributed by atoms with Gasteiger partial charge in [-0.2, -0.15) is 0 Å². The summed E-state index contributed by atoms with van der Waals surface area (Å²) in [5.74, 6) is -0.798. The minimum absolute atomic E-state index is 0.0902. The van der Waals surface area contributed by atoms with Gasteiger partial charge in [-0.3, -0.25) is 9.59 Å². The first kappa shape index (κ1) is 21.3. The third-order valence-corrected chi connectivity index (χ3v) is 4.34. The van der Waals surface area contributed by atoms with Crippen LogP contribution in [0.5, 0.6) is 0 Å².